The average molecular weight is 560 g/mol. The number of benzene rings is 5. The van der Waals surface area contributed by atoms with Gasteiger partial charge in [0.2, 0.25) is 0 Å². The first kappa shape index (κ1) is 22.1. The van der Waals surface area contributed by atoms with Gasteiger partial charge in [0.25, 0.3) is 0 Å². The first-order valence-electron chi connectivity index (χ1n) is 12.7. The highest BCUT2D eigenvalue weighted by atomic mass is 79.9. The van der Waals surface area contributed by atoms with Crippen LogP contribution in [-0.2, 0) is 9.47 Å². The summed E-state index contributed by atoms with van der Waals surface area (Å²) in [6.45, 7) is 1.27. The smallest absolute Gasteiger partial charge is 0.184 e. The lowest BCUT2D eigenvalue weighted by molar-refractivity contribution is -0.0441. The van der Waals surface area contributed by atoms with Crippen molar-refractivity contribution in [2.24, 2.45) is 0 Å². The van der Waals surface area contributed by atoms with Gasteiger partial charge in [0, 0.05) is 42.8 Å². The fourth-order valence-corrected chi connectivity index (χ4v) is 6.11. The van der Waals surface area contributed by atoms with E-state index in [1.165, 1.54) is 10.8 Å². The van der Waals surface area contributed by atoms with Crippen LogP contribution in [0.2, 0.25) is 0 Å². The van der Waals surface area contributed by atoms with Crippen LogP contribution in [0.3, 0.4) is 0 Å². The van der Waals surface area contributed by atoms with Gasteiger partial charge in [-0.2, -0.15) is 0 Å². The normalized spacial score (nSPS) is 14.4. The van der Waals surface area contributed by atoms with Crippen LogP contribution in [-0.4, -0.2) is 17.8 Å². The van der Waals surface area contributed by atoms with Crippen LogP contribution in [0.15, 0.2) is 112 Å². The van der Waals surface area contributed by atoms with Crippen LogP contribution >= 0.6 is 15.9 Å². The molecular formula is C33H22BrNO3. The molecule has 8 rings (SSSR count). The van der Waals surface area contributed by atoms with Crippen molar-refractivity contribution in [3.8, 4) is 16.8 Å². The lowest BCUT2D eigenvalue weighted by Crippen LogP contribution is -1.99. The number of furan rings is 1. The van der Waals surface area contributed by atoms with E-state index in [-0.39, 0.29) is 6.29 Å². The van der Waals surface area contributed by atoms with Gasteiger partial charge < -0.3 is 18.5 Å². The largest absolute Gasteiger partial charge is 0.455 e. The molecule has 0 atom stereocenters. The maximum Gasteiger partial charge on any atom is 0.184 e. The summed E-state index contributed by atoms with van der Waals surface area (Å²) in [4.78, 5) is 0. The number of hydrogen-bond donors (Lipinski definition) is 0. The molecule has 7 aromatic rings. The van der Waals surface area contributed by atoms with Crippen molar-refractivity contribution >= 4 is 59.7 Å². The molecule has 184 valence electrons. The van der Waals surface area contributed by atoms with Crippen LogP contribution in [0.25, 0.3) is 60.6 Å². The zero-order valence-electron chi connectivity index (χ0n) is 20.4. The van der Waals surface area contributed by atoms with E-state index in [2.05, 4.69) is 111 Å². The molecule has 1 saturated heterocycles. The third-order valence-corrected chi connectivity index (χ3v) is 7.98. The van der Waals surface area contributed by atoms with Gasteiger partial charge in [-0.25, -0.2) is 0 Å². The average Bonchev–Trinajstić information content (AvgIpc) is 3.69. The summed E-state index contributed by atoms with van der Waals surface area (Å²) < 4.78 is 21.1. The van der Waals surface area contributed by atoms with Crippen molar-refractivity contribution in [2.45, 2.75) is 6.29 Å². The summed E-state index contributed by atoms with van der Waals surface area (Å²) in [5.41, 5.74) is 8.50. The molecule has 5 aromatic carbocycles. The second-order valence-corrected chi connectivity index (χ2v) is 10.6. The van der Waals surface area contributed by atoms with Crippen molar-refractivity contribution < 1.29 is 13.9 Å². The molecule has 1 aliphatic rings. The Morgan fingerprint density at radius 2 is 1.39 bits per heavy atom. The summed E-state index contributed by atoms with van der Waals surface area (Å²) in [6.07, 6.45) is -0.276. The third-order valence-electron chi connectivity index (χ3n) is 7.49. The molecule has 3 heterocycles. The van der Waals surface area contributed by atoms with E-state index < -0.39 is 0 Å². The predicted molar refractivity (Wildman–Crippen MR) is 156 cm³/mol. The monoisotopic (exact) mass is 559 g/mol. The van der Waals surface area contributed by atoms with Gasteiger partial charge >= 0.3 is 0 Å². The molecule has 0 unspecified atom stereocenters. The predicted octanol–water partition coefficient (Wildman–Crippen LogP) is 9.16. The van der Waals surface area contributed by atoms with Gasteiger partial charge in [-0.05, 0) is 54.1 Å². The van der Waals surface area contributed by atoms with E-state index in [0.29, 0.717) is 13.2 Å². The van der Waals surface area contributed by atoms with Crippen LogP contribution < -0.4 is 0 Å². The first-order valence-corrected chi connectivity index (χ1v) is 13.5. The second-order valence-electron chi connectivity index (χ2n) is 9.67. The molecule has 0 N–H and O–H groups in total. The Balaban J connectivity index is 1.33. The summed E-state index contributed by atoms with van der Waals surface area (Å²) in [6, 6.07) is 36.3. The fraction of sp³-hybridized carbons (Fsp3) is 0.0909. The number of fused-ring (bicyclic) bond motifs is 6. The van der Waals surface area contributed by atoms with Crippen molar-refractivity contribution in [2.75, 3.05) is 13.2 Å². The molecule has 1 fully saturated rings. The lowest BCUT2D eigenvalue weighted by Gasteiger charge is -2.12. The Bertz CT molecular complexity index is 2000. The quantitative estimate of drug-likeness (QED) is 0.216. The molecule has 4 nitrogen and oxygen atoms in total. The number of rotatable bonds is 3. The molecule has 38 heavy (non-hydrogen) atoms. The van der Waals surface area contributed by atoms with E-state index >= 15 is 0 Å². The first-order chi connectivity index (χ1) is 18.7. The Morgan fingerprint density at radius 1 is 0.658 bits per heavy atom. The molecule has 0 amide bonds. The van der Waals surface area contributed by atoms with E-state index in [1.807, 2.05) is 12.1 Å². The van der Waals surface area contributed by atoms with Crippen LogP contribution in [0.1, 0.15) is 11.9 Å². The Labute approximate surface area is 227 Å². The van der Waals surface area contributed by atoms with Gasteiger partial charge in [-0.3, -0.25) is 0 Å². The van der Waals surface area contributed by atoms with Crippen LogP contribution in [0, 0.1) is 0 Å². The molecule has 1 aliphatic heterocycles. The molecule has 5 heteroatoms. The number of nitrogens with zero attached hydrogens (tertiary/aromatic N) is 1. The summed E-state index contributed by atoms with van der Waals surface area (Å²) in [5, 5.41) is 4.67. The lowest BCUT2D eigenvalue weighted by atomic mass is 10.0. The molecule has 2 aromatic heterocycles. The second kappa shape index (κ2) is 8.57. The van der Waals surface area contributed by atoms with Gasteiger partial charge in [-0.15, -0.1) is 0 Å². The van der Waals surface area contributed by atoms with Crippen molar-refractivity contribution in [1.82, 2.24) is 4.57 Å². The number of para-hydroxylation sites is 2. The van der Waals surface area contributed by atoms with Gasteiger partial charge in [0.1, 0.15) is 11.2 Å². The van der Waals surface area contributed by atoms with E-state index in [1.54, 1.807) is 0 Å². The highest BCUT2D eigenvalue weighted by Gasteiger charge is 2.20. The molecule has 0 spiro atoms. The minimum Gasteiger partial charge on any atom is -0.455 e. The molecule has 0 radical (unpaired) electrons. The van der Waals surface area contributed by atoms with Gasteiger partial charge in [-0.1, -0.05) is 70.5 Å². The zero-order valence-corrected chi connectivity index (χ0v) is 21.9. The highest BCUT2D eigenvalue weighted by molar-refractivity contribution is 9.10. The Morgan fingerprint density at radius 3 is 2.24 bits per heavy atom. The summed E-state index contributed by atoms with van der Waals surface area (Å²) in [7, 11) is 0. The Kier molecular flexibility index (Phi) is 4.99. The minimum atomic E-state index is -0.276. The molecule has 0 bridgehead atoms. The van der Waals surface area contributed by atoms with Crippen LogP contribution in [0.4, 0.5) is 0 Å². The summed E-state index contributed by atoms with van der Waals surface area (Å²) in [5.74, 6) is 0. The maximum absolute atomic E-state index is 6.35. The van der Waals surface area contributed by atoms with E-state index in [0.717, 1.165) is 59.8 Å². The van der Waals surface area contributed by atoms with Crippen molar-refractivity contribution in [3.63, 3.8) is 0 Å². The standard InChI is InChI=1S/C33H22BrNO3/c34-22-11-15-30-28(19-22)27-18-21(24-5-3-6-26-25-4-1-2-7-31(25)38-32(24)26)10-14-29(27)35(30)23-12-8-20(9-13-23)33-36-16-17-37-33/h1-15,18-19,33H,16-17H2. The number of halogens is 1. The summed E-state index contributed by atoms with van der Waals surface area (Å²) >= 11 is 3.69. The molecule has 0 saturated carbocycles. The number of ether oxygens (including phenoxy) is 2. The van der Waals surface area contributed by atoms with E-state index in [9.17, 15) is 0 Å². The molecule has 0 aliphatic carbocycles. The third kappa shape index (κ3) is 3.36. The number of hydrogen-bond acceptors (Lipinski definition) is 3. The van der Waals surface area contributed by atoms with Gasteiger partial charge in [0.05, 0.1) is 24.2 Å². The van der Waals surface area contributed by atoms with E-state index in [4.69, 9.17) is 13.9 Å². The highest BCUT2D eigenvalue weighted by Crippen LogP contribution is 2.40. The van der Waals surface area contributed by atoms with Gasteiger partial charge in [0.15, 0.2) is 6.29 Å². The minimum absolute atomic E-state index is 0.276. The maximum atomic E-state index is 6.35. The zero-order chi connectivity index (χ0) is 25.2. The van der Waals surface area contributed by atoms with Crippen molar-refractivity contribution in [1.29, 1.82) is 0 Å². The SMILES string of the molecule is Brc1ccc2c(c1)c1cc(-c3cccc4c3oc3ccccc34)ccc1n2-c1ccc(C2OCCO2)cc1. The fourth-order valence-electron chi connectivity index (χ4n) is 5.75. The topological polar surface area (TPSA) is 36.5 Å². The number of aromatic nitrogens is 1. The molecular weight excluding hydrogens is 538 g/mol. The van der Waals surface area contributed by atoms with Crippen molar-refractivity contribution in [3.05, 3.63) is 113 Å². The van der Waals surface area contributed by atoms with Crippen LogP contribution in [0.5, 0.6) is 0 Å². The Hall–Kier alpha value is -3.90.